The van der Waals surface area contributed by atoms with Crippen LogP contribution in [0.25, 0.3) is 0 Å². The molecule has 0 saturated heterocycles. The van der Waals surface area contributed by atoms with Crippen LogP contribution in [0.2, 0.25) is 5.02 Å². The summed E-state index contributed by atoms with van der Waals surface area (Å²) >= 11 is 7.07. The standard InChI is InChI=1S/C15H14ClNO4S/c16-10-3-1-4-11(7-10)21-6-2-5-14(18)17-13-9-22-8-12(13)15(19)20/h1,3-4,7-9H,2,5-6H2,(H,17,18)(H,19,20). The van der Waals surface area contributed by atoms with Crippen LogP contribution < -0.4 is 10.1 Å². The second-order valence-electron chi connectivity index (χ2n) is 4.46. The third kappa shape index (κ3) is 4.75. The van der Waals surface area contributed by atoms with E-state index >= 15 is 0 Å². The summed E-state index contributed by atoms with van der Waals surface area (Å²) < 4.78 is 5.48. The van der Waals surface area contributed by atoms with Gasteiger partial charge in [0.15, 0.2) is 0 Å². The largest absolute Gasteiger partial charge is 0.494 e. The highest BCUT2D eigenvalue weighted by Crippen LogP contribution is 2.21. The van der Waals surface area contributed by atoms with Crippen LogP contribution in [0, 0.1) is 0 Å². The highest BCUT2D eigenvalue weighted by molar-refractivity contribution is 7.08. The molecule has 7 heteroatoms. The number of amides is 1. The van der Waals surface area contributed by atoms with E-state index in [0.29, 0.717) is 29.5 Å². The van der Waals surface area contributed by atoms with Crippen molar-refractivity contribution >= 4 is 40.5 Å². The molecule has 0 aliphatic carbocycles. The summed E-state index contributed by atoms with van der Waals surface area (Å²) in [7, 11) is 0. The summed E-state index contributed by atoms with van der Waals surface area (Å²) in [4.78, 5) is 22.7. The quantitative estimate of drug-likeness (QED) is 0.750. The molecule has 2 aromatic rings. The lowest BCUT2D eigenvalue weighted by Crippen LogP contribution is -2.14. The van der Waals surface area contributed by atoms with Crippen molar-refractivity contribution in [2.75, 3.05) is 11.9 Å². The molecule has 2 rings (SSSR count). The monoisotopic (exact) mass is 339 g/mol. The molecule has 0 aliphatic rings. The van der Waals surface area contributed by atoms with E-state index in [4.69, 9.17) is 21.4 Å². The molecule has 1 amide bonds. The van der Waals surface area contributed by atoms with E-state index in [9.17, 15) is 9.59 Å². The predicted molar refractivity (Wildman–Crippen MR) is 86.1 cm³/mol. The molecule has 0 radical (unpaired) electrons. The Morgan fingerprint density at radius 2 is 2.14 bits per heavy atom. The molecule has 116 valence electrons. The first kappa shape index (κ1) is 16.3. The van der Waals surface area contributed by atoms with Gasteiger partial charge < -0.3 is 15.2 Å². The van der Waals surface area contributed by atoms with Gasteiger partial charge in [0.1, 0.15) is 5.75 Å². The van der Waals surface area contributed by atoms with Crippen molar-refractivity contribution in [3.8, 4) is 5.75 Å². The van der Waals surface area contributed by atoms with Gasteiger partial charge in [-0.1, -0.05) is 17.7 Å². The molecule has 0 spiro atoms. The summed E-state index contributed by atoms with van der Waals surface area (Å²) in [5, 5.41) is 15.2. The number of nitrogens with one attached hydrogen (secondary N) is 1. The van der Waals surface area contributed by atoms with Crippen LogP contribution in [0.4, 0.5) is 5.69 Å². The predicted octanol–water partition coefficient (Wildman–Crippen LogP) is 3.90. The molecular weight excluding hydrogens is 326 g/mol. The maximum absolute atomic E-state index is 11.8. The zero-order valence-corrected chi connectivity index (χ0v) is 13.1. The van der Waals surface area contributed by atoms with E-state index in [0.717, 1.165) is 0 Å². The Kier molecular flexibility index (Phi) is 5.80. The fraction of sp³-hybridized carbons (Fsp3) is 0.200. The van der Waals surface area contributed by atoms with E-state index in [-0.39, 0.29) is 17.9 Å². The van der Waals surface area contributed by atoms with E-state index < -0.39 is 5.97 Å². The number of thiophene rings is 1. The highest BCUT2D eigenvalue weighted by Gasteiger charge is 2.13. The van der Waals surface area contributed by atoms with Gasteiger partial charge in [-0.25, -0.2) is 4.79 Å². The summed E-state index contributed by atoms with van der Waals surface area (Å²) in [5.41, 5.74) is 0.437. The van der Waals surface area contributed by atoms with E-state index in [1.165, 1.54) is 16.7 Å². The molecule has 0 bridgehead atoms. The zero-order chi connectivity index (χ0) is 15.9. The number of hydrogen-bond acceptors (Lipinski definition) is 4. The molecule has 0 aliphatic heterocycles. The van der Waals surface area contributed by atoms with Crippen LogP contribution >= 0.6 is 22.9 Å². The normalized spacial score (nSPS) is 10.2. The molecule has 1 aromatic heterocycles. The number of aromatic carboxylic acids is 1. The van der Waals surface area contributed by atoms with Gasteiger partial charge in [0, 0.05) is 22.2 Å². The zero-order valence-electron chi connectivity index (χ0n) is 11.5. The molecule has 0 unspecified atom stereocenters. The van der Waals surface area contributed by atoms with Crippen LogP contribution in [0.5, 0.6) is 5.75 Å². The molecule has 0 atom stereocenters. The first-order valence-corrected chi connectivity index (χ1v) is 7.86. The maximum atomic E-state index is 11.8. The number of carboxylic acid groups (broad SMARTS) is 1. The number of anilines is 1. The van der Waals surface area contributed by atoms with Crippen LogP contribution in [0.15, 0.2) is 35.0 Å². The Morgan fingerprint density at radius 1 is 1.32 bits per heavy atom. The average Bonchev–Trinajstić information content (AvgIpc) is 2.92. The summed E-state index contributed by atoms with van der Waals surface area (Å²) in [5.74, 6) is -0.643. The van der Waals surface area contributed by atoms with E-state index in [1.807, 2.05) is 0 Å². The molecule has 1 heterocycles. The van der Waals surface area contributed by atoms with Crippen molar-refractivity contribution in [1.29, 1.82) is 0 Å². The van der Waals surface area contributed by atoms with Crippen LogP contribution in [-0.2, 0) is 4.79 Å². The first-order valence-electron chi connectivity index (χ1n) is 6.54. The minimum Gasteiger partial charge on any atom is -0.494 e. The fourth-order valence-electron chi connectivity index (χ4n) is 1.75. The summed E-state index contributed by atoms with van der Waals surface area (Å²) in [6, 6.07) is 7.03. The Bertz CT molecular complexity index is 671. The molecule has 5 nitrogen and oxygen atoms in total. The van der Waals surface area contributed by atoms with Crippen molar-refractivity contribution in [3.05, 3.63) is 45.6 Å². The fourth-order valence-corrected chi connectivity index (χ4v) is 2.69. The smallest absolute Gasteiger partial charge is 0.338 e. The van der Waals surface area contributed by atoms with Gasteiger partial charge in [-0.2, -0.15) is 0 Å². The molecule has 0 fully saturated rings. The summed E-state index contributed by atoms with van der Waals surface area (Å²) in [6.45, 7) is 0.378. The van der Waals surface area contributed by atoms with Gasteiger partial charge >= 0.3 is 5.97 Å². The number of ether oxygens (including phenoxy) is 1. The van der Waals surface area contributed by atoms with Crippen LogP contribution in [-0.4, -0.2) is 23.6 Å². The lowest BCUT2D eigenvalue weighted by atomic mass is 10.2. The Hall–Kier alpha value is -2.05. The number of carboxylic acids is 1. The minimum absolute atomic E-state index is 0.105. The summed E-state index contributed by atoms with van der Waals surface area (Å²) in [6.07, 6.45) is 0.764. The van der Waals surface area contributed by atoms with E-state index in [1.54, 1.807) is 29.6 Å². The van der Waals surface area contributed by atoms with Crippen molar-refractivity contribution in [1.82, 2.24) is 0 Å². The second kappa shape index (κ2) is 7.82. The van der Waals surface area contributed by atoms with Gasteiger partial charge in [-0.05, 0) is 24.6 Å². The van der Waals surface area contributed by atoms with Gasteiger partial charge in [0.05, 0.1) is 17.9 Å². The second-order valence-corrected chi connectivity index (χ2v) is 5.64. The number of benzene rings is 1. The topological polar surface area (TPSA) is 75.6 Å². The average molecular weight is 340 g/mol. The Morgan fingerprint density at radius 3 is 2.86 bits per heavy atom. The molecule has 0 saturated carbocycles. The number of rotatable bonds is 7. The van der Waals surface area contributed by atoms with Crippen molar-refractivity contribution in [3.63, 3.8) is 0 Å². The minimum atomic E-state index is -1.05. The van der Waals surface area contributed by atoms with Gasteiger partial charge in [-0.3, -0.25) is 4.79 Å². The van der Waals surface area contributed by atoms with Crippen LogP contribution in [0.3, 0.4) is 0 Å². The maximum Gasteiger partial charge on any atom is 0.338 e. The number of halogens is 1. The van der Waals surface area contributed by atoms with Gasteiger partial charge in [-0.15, -0.1) is 11.3 Å². The number of carbonyl (C=O) groups is 2. The lowest BCUT2D eigenvalue weighted by molar-refractivity contribution is -0.116. The van der Waals surface area contributed by atoms with Crippen molar-refractivity contribution in [2.24, 2.45) is 0 Å². The third-order valence-corrected chi connectivity index (χ3v) is 3.76. The molecule has 2 N–H and O–H groups in total. The number of carbonyl (C=O) groups excluding carboxylic acids is 1. The highest BCUT2D eigenvalue weighted by atomic mass is 35.5. The first-order chi connectivity index (χ1) is 10.6. The Balaban J connectivity index is 1.74. The van der Waals surface area contributed by atoms with Crippen molar-refractivity contribution < 1.29 is 19.4 Å². The molecule has 1 aromatic carbocycles. The number of hydrogen-bond donors (Lipinski definition) is 2. The third-order valence-electron chi connectivity index (χ3n) is 2.78. The van der Waals surface area contributed by atoms with Gasteiger partial charge in [0.25, 0.3) is 0 Å². The molecular formula is C15H14ClNO4S. The van der Waals surface area contributed by atoms with Crippen LogP contribution in [0.1, 0.15) is 23.2 Å². The van der Waals surface area contributed by atoms with Gasteiger partial charge in [0.2, 0.25) is 5.91 Å². The van der Waals surface area contributed by atoms with E-state index in [2.05, 4.69) is 5.32 Å². The Labute approximate surface area is 136 Å². The lowest BCUT2D eigenvalue weighted by Gasteiger charge is -2.07. The molecule has 22 heavy (non-hydrogen) atoms. The SMILES string of the molecule is O=C(CCCOc1cccc(Cl)c1)Nc1cscc1C(=O)O. The van der Waals surface area contributed by atoms with Crippen molar-refractivity contribution in [2.45, 2.75) is 12.8 Å².